The van der Waals surface area contributed by atoms with Gasteiger partial charge in [-0.2, -0.15) is 0 Å². The van der Waals surface area contributed by atoms with E-state index in [1.165, 1.54) is 21.3 Å². The summed E-state index contributed by atoms with van der Waals surface area (Å²) in [4.78, 5) is 29.0. The first-order valence-electron chi connectivity index (χ1n) is 6.65. The Hall–Kier alpha value is -2.69. The zero-order valence-electron chi connectivity index (χ0n) is 12.1. The molecule has 0 saturated heterocycles. The SMILES string of the molecule is Cc1ccc(-n2c(=O)ccc3c(=O)n(C)c(C)nc32)cc1. The summed E-state index contributed by atoms with van der Waals surface area (Å²) < 4.78 is 2.95. The summed E-state index contributed by atoms with van der Waals surface area (Å²) >= 11 is 0. The van der Waals surface area contributed by atoms with Crippen molar-refractivity contribution < 1.29 is 0 Å². The molecule has 0 aliphatic heterocycles. The van der Waals surface area contributed by atoms with E-state index >= 15 is 0 Å². The van der Waals surface area contributed by atoms with Gasteiger partial charge in [-0.25, -0.2) is 4.98 Å². The maximum atomic E-state index is 12.3. The standard InChI is InChI=1S/C16H15N3O2/c1-10-4-6-12(7-5-10)19-14(20)9-8-13-15(19)17-11(2)18(3)16(13)21/h4-9H,1-3H3. The van der Waals surface area contributed by atoms with Crippen molar-refractivity contribution in [1.82, 2.24) is 14.1 Å². The summed E-state index contributed by atoms with van der Waals surface area (Å²) in [6.45, 7) is 3.73. The van der Waals surface area contributed by atoms with Gasteiger partial charge in [0.25, 0.3) is 11.1 Å². The third-order valence-electron chi connectivity index (χ3n) is 3.65. The fourth-order valence-corrected chi connectivity index (χ4v) is 2.30. The van der Waals surface area contributed by atoms with Crippen molar-refractivity contribution >= 4 is 11.0 Å². The van der Waals surface area contributed by atoms with Crippen LogP contribution in [0.5, 0.6) is 0 Å². The normalized spacial score (nSPS) is 11.0. The number of rotatable bonds is 1. The molecule has 0 saturated carbocycles. The molecule has 0 unspecified atom stereocenters. The molecule has 0 fully saturated rings. The zero-order chi connectivity index (χ0) is 15.1. The Balaban J connectivity index is 2.47. The average molecular weight is 281 g/mol. The van der Waals surface area contributed by atoms with E-state index < -0.39 is 0 Å². The van der Waals surface area contributed by atoms with E-state index in [0.717, 1.165) is 5.56 Å². The predicted molar refractivity (Wildman–Crippen MR) is 82.1 cm³/mol. The van der Waals surface area contributed by atoms with Crippen LogP contribution in [0.25, 0.3) is 16.7 Å². The lowest BCUT2D eigenvalue weighted by molar-refractivity contribution is 0.783. The molecule has 0 bridgehead atoms. The molecule has 5 nitrogen and oxygen atoms in total. The summed E-state index contributed by atoms with van der Waals surface area (Å²) in [7, 11) is 1.67. The van der Waals surface area contributed by atoms with Gasteiger partial charge in [0.05, 0.1) is 11.1 Å². The minimum absolute atomic E-state index is 0.154. The summed E-state index contributed by atoms with van der Waals surface area (Å²) in [5.41, 5.74) is 1.85. The van der Waals surface area contributed by atoms with Gasteiger partial charge in [-0.05, 0) is 32.0 Å². The Morgan fingerprint density at radius 1 is 0.952 bits per heavy atom. The molecule has 3 rings (SSSR count). The van der Waals surface area contributed by atoms with E-state index in [-0.39, 0.29) is 11.1 Å². The fourth-order valence-electron chi connectivity index (χ4n) is 2.30. The van der Waals surface area contributed by atoms with Gasteiger partial charge in [0.2, 0.25) is 0 Å². The first-order valence-corrected chi connectivity index (χ1v) is 6.65. The Labute approximate surface area is 121 Å². The van der Waals surface area contributed by atoms with Crippen LogP contribution in [0.2, 0.25) is 0 Å². The predicted octanol–water partition coefficient (Wildman–Crippen LogP) is 1.70. The average Bonchev–Trinajstić information content (AvgIpc) is 2.46. The smallest absolute Gasteiger partial charge is 0.262 e. The minimum atomic E-state index is -0.202. The largest absolute Gasteiger partial charge is 0.299 e. The first kappa shape index (κ1) is 13.3. The maximum absolute atomic E-state index is 12.3. The molecule has 0 aliphatic rings. The molecule has 2 aromatic heterocycles. The van der Waals surface area contributed by atoms with Gasteiger partial charge in [-0.3, -0.25) is 18.7 Å². The maximum Gasteiger partial charge on any atom is 0.262 e. The highest BCUT2D eigenvalue weighted by atomic mass is 16.1. The van der Waals surface area contributed by atoms with Crippen LogP contribution in [-0.2, 0) is 7.05 Å². The number of aryl methyl sites for hydroxylation is 2. The second-order valence-electron chi connectivity index (χ2n) is 5.10. The number of hydrogen-bond acceptors (Lipinski definition) is 3. The van der Waals surface area contributed by atoms with Crippen molar-refractivity contribution in [3.63, 3.8) is 0 Å². The van der Waals surface area contributed by atoms with E-state index in [1.807, 2.05) is 31.2 Å². The second-order valence-corrected chi connectivity index (χ2v) is 5.10. The Morgan fingerprint density at radius 3 is 2.29 bits per heavy atom. The van der Waals surface area contributed by atoms with Crippen LogP contribution in [0, 0.1) is 13.8 Å². The highest BCUT2D eigenvalue weighted by Gasteiger charge is 2.11. The van der Waals surface area contributed by atoms with Crippen LogP contribution in [0.3, 0.4) is 0 Å². The molecule has 21 heavy (non-hydrogen) atoms. The van der Waals surface area contributed by atoms with E-state index in [2.05, 4.69) is 4.98 Å². The molecule has 2 heterocycles. The number of nitrogens with zero attached hydrogens (tertiary/aromatic N) is 3. The summed E-state index contributed by atoms with van der Waals surface area (Å²) in [6, 6.07) is 10.5. The highest BCUT2D eigenvalue weighted by molar-refractivity contribution is 5.75. The lowest BCUT2D eigenvalue weighted by Gasteiger charge is -2.11. The Kier molecular flexibility index (Phi) is 2.97. The van der Waals surface area contributed by atoms with Crippen LogP contribution in [0.1, 0.15) is 11.4 Å². The van der Waals surface area contributed by atoms with Gasteiger partial charge in [0.15, 0.2) is 5.65 Å². The van der Waals surface area contributed by atoms with E-state index in [0.29, 0.717) is 22.5 Å². The second kappa shape index (κ2) is 4.70. The van der Waals surface area contributed by atoms with Gasteiger partial charge >= 0.3 is 0 Å². The van der Waals surface area contributed by atoms with Crippen molar-refractivity contribution in [2.24, 2.45) is 7.05 Å². The van der Waals surface area contributed by atoms with E-state index in [1.54, 1.807) is 14.0 Å². The number of pyridine rings is 1. The molecule has 5 heteroatoms. The van der Waals surface area contributed by atoms with Crippen LogP contribution in [-0.4, -0.2) is 14.1 Å². The van der Waals surface area contributed by atoms with Crippen LogP contribution >= 0.6 is 0 Å². The van der Waals surface area contributed by atoms with E-state index in [9.17, 15) is 9.59 Å². The number of hydrogen-bond donors (Lipinski definition) is 0. The lowest BCUT2D eigenvalue weighted by atomic mass is 10.2. The minimum Gasteiger partial charge on any atom is -0.299 e. The number of benzene rings is 1. The topological polar surface area (TPSA) is 56.9 Å². The van der Waals surface area contributed by atoms with Crippen LogP contribution in [0.4, 0.5) is 0 Å². The van der Waals surface area contributed by atoms with Crippen molar-refractivity contribution in [2.75, 3.05) is 0 Å². The van der Waals surface area contributed by atoms with Crippen molar-refractivity contribution in [3.8, 4) is 5.69 Å². The first-order chi connectivity index (χ1) is 9.99. The third kappa shape index (κ3) is 2.07. The Bertz CT molecular complexity index is 950. The molecule has 1 aromatic carbocycles. The van der Waals surface area contributed by atoms with Crippen LogP contribution < -0.4 is 11.1 Å². The molecular weight excluding hydrogens is 266 g/mol. The molecule has 0 spiro atoms. The molecular formula is C16H15N3O2. The monoisotopic (exact) mass is 281 g/mol. The van der Waals surface area contributed by atoms with Gasteiger partial charge in [-0.1, -0.05) is 17.7 Å². The van der Waals surface area contributed by atoms with Crippen LogP contribution in [0.15, 0.2) is 46.0 Å². The summed E-state index contributed by atoms with van der Waals surface area (Å²) in [5.74, 6) is 0.568. The van der Waals surface area contributed by atoms with Gasteiger partial charge in [0.1, 0.15) is 5.82 Å². The molecule has 106 valence electrons. The highest BCUT2D eigenvalue weighted by Crippen LogP contribution is 2.13. The molecule has 0 atom stereocenters. The number of fused-ring (bicyclic) bond motifs is 1. The van der Waals surface area contributed by atoms with E-state index in [4.69, 9.17) is 0 Å². The molecule has 0 aliphatic carbocycles. The van der Waals surface area contributed by atoms with Crippen molar-refractivity contribution in [1.29, 1.82) is 0 Å². The molecule has 0 amide bonds. The third-order valence-corrected chi connectivity index (χ3v) is 3.65. The summed E-state index contributed by atoms with van der Waals surface area (Å²) in [5, 5.41) is 0.434. The van der Waals surface area contributed by atoms with Gasteiger partial charge in [-0.15, -0.1) is 0 Å². The van der Waals surface area contributed by atoms with Crippen molar-refractivity contribution in [2.45, 2.75) is 13.8 Å². The fraction of sp³-hybridized carbons (Fsp3) is 0.188. The van der Waals surface area contributed by atoms with Gasteiger partial charge in [0, 0.05) is 13.1 Å². The molecule has 0 N–H and O–H groups in total. The van der Waals surface area contributed by atoms with Crippen molar-refractivity contribution in [3.05, 3.63) is 68.5 Å². The zero-order valence-corrected chi connectivity index (χ0v) is 12.1. The molecule has 3 aromatic rings. The lowest BCUT2D eigenvalue weighted by Crippen LogP contribution is -2.26. The Morgan fingerprint density at radius 2 is 1.62 bits per heavy atom. The summed E-state index contributed by atoms with van der Waals surface area (Å²) in [6.07, 6.45) is 0. The van der Waals surface area contributed by atoms with Gasteiger partial charge < -0.3 is 0 Å². The molecule has 0 radical (unpaired) electrons. The quantitative estimate of drug-likeness (QED) is 0.682. The number of aromatic nitrogens is 3.